The first kappa shape index (κ1) is 14.2. The normalized spacial score (nSPS) is 33.0. The molecule has 2 saturated heterocycles. The maximum absolute atomic E-state index is 3.85. The highest BCUT2D eigenvalue weighted by Gasteiger charge is 2.39. The third kappa shape index (κ3) is 3.46. The Hall–Kier alpha value is 0.230. The number of rotatable bonds is 3. The zero-order valence-electron chi connectivity index (χ0n) is 12.4. The molecular formula is C15H29N3S. The van der Waals surface area contributed by atoms with Gasteiger partial charge in [0.1, 0.15) is 0 Å². The van der Waals surface area contributed by atoms with Gasteiger partial charge in [-0.15, -0.1) is 0 Å². The Morgan fingerprint density at radius 3 is 2.63 bits per heavy atom. The van der Waals surface area contributed by atoms with E-state index in [1.807, 2.05) is 0 Å². The summed E-state index contributed by atoms with van der Waals surface area (Å²) in [5.74, 6) is 2.67. The largest absolute Gasteiger partial charge is 0.308 e. The summed E-state index contributed by atoms with van der Waals surface area (Å²) < 4.78 is 0. The van der Waals surface area contributed by atoms with E-state index < -0.39 is 0 Å². The second kappa shape index (κ2) is 6.33. The van der Waals surface area contributed by atoms with E-state index in [1.165, 1.54) is 76.5 Å². The van der Waals surface area contributed by atoms with Crippen molar-refractivity contribution < 1.29 is 0 Å². The number of piperazine rings is 1. The smallest absolute Gasteiger partial charge is 0.0309 e. The molecule has 0 aromatic rings. The average Bonchev–Trinajstić information content (AvgIpc) is 2.90. The Kier molecular flexibility index (Phi) is 4.73. The molecule has 0 aromatic carbocycles. The van der Waals surface area contributed by atoms with Crippen LogP contribution in [0, 0.1) is 0 Å². The standard InChI is InChI=1S/C15H29N3S/c1-14-12-16-15(4-2-3-5-15)13-18(14)7-6-17-8-10-19-11-9-17/h14,16H,2-13H2,1H3. The molecule has 0 amide bonds. The lowest BCUT2D eigenvalue weighted by molar-refractivity contribution is 0.0789. The van der Waals surface area contributed by atoms with Crippen LogP contribution in [0.15, 0.2) is 0 Å². The predicted octanol–water partition coefficient (Wildman–Crippen LogP) is 1.64. The molecular weight excluding hydrogens is 254 g/mol. The van der Waals surface area contributed by atoms with E-state index in [-0.39, 0.29) is 0 Å². The van der Waals surface area contributed by atoms with E-state index in [1.54, 1.807) is 0 Å². The minimum Gasteiger partial charge on any atom is -0.308 e. The molecule has 3 nitrogen and oxygen atoms in total. The van der Waals surface area contributed by atoms with Gasteiger partial charge < -0.3 is 10.2 Å². The lowest BCUT2D eigenvalue weighted by Crippen LogP contribution is -2.63. The molecule has 2 aliphatic heterocycles. The lowest BCUT2D eigenvalue weighted by Gasteiger charge is -2.46. The van der Waals surface area contributed by atoms with Crippen LogP contribution >= 0.6 is 11.8 Å². The van der Waals surface area contributed by atoms with E-state index in [0.717, 1.165) is 0 Å². The van der Waals surface area contributed by atoms with Crippen molar-refractivity contribution >= 4 is 11.8 Å². The van der Waals surface area contributed by atoms with Crippen molar-refractivity contribution in [3.05, 3.63) is 0 Å². The summed E-state index contributed by atoms with van der Waals surface area (Å²) in [6, 6.07) is 0.713. The van der Waals surface area contributed by atoms with Crippen LogP contribution in [0.4, 0.5) is 0 Å². The van der Waals surface area contributed by atoms with Gasteiger partial charge in [0.05, 0.1) is 0 Å². The van der Waals surface area contributed by atoms with Crippen molar-refractivity contribution in [2.24, 2.45) is 0 Å². The molecule has 4 heteroatoms. The fourth-order valence-corrected chi connectivity index (χ4v) is 4.85. The fourth-order valence-electron chi connectivity index (χ4n) is 3.87. The van der Waals surface area contributed by atoms with Crippen LogP contribution in [0.2, 0.25) is 0 Å². The summed E-state index contributed by atoms with van der Waals surface area (Å²) in [4.78, 5) is 5.41. The number of nitrogens with one attached hydrogen (secondary N) is 1. The van der Waals surface area contributed by atoms with Crippen LogP contribution in [0.5, 0.6) is 0 Å². The monoisotopic (exact) mass is 283 g/mol. The summed E-state index contributed by atoms with van der Waals surface area (Å²) in [5, 5.41) is 3.85. The Balaban J connectivity index is 1.50. The molecule has 1 atom stereocenters. The zero-order chi connectivity index (χ0) is 13.1. The van der Waals surface area contributed by atoms with Crippen LogP contribution in [0.1, 0.15) is 32.6 Å². The van der Waals surface area contributed by atoms with Gasteiger partial charge in [0.25, 0.3) is 0 Å². The van der Waals surface area contributed by atoms with Gasteiger partial charge in [0, 0.05) is 62.4 Å². The SMILES string of the molecule is CC1CNC2(CCCC2)CN1CCN1CCSCC1. The Morgan fingerprint density at radius 1 is 1.16 bits per heavy atom. The topological polar surface area (TPSA) is 18.5 Å². The predicted molar refractivity (Wildman–Crippen MR) is 84.0 cm³/mol. The van der Waals surface area contributed by atoms with E-state index in [4.69, 9.17) is 0 Å². The van der Waals surface area contributed by atoms with Crippen molar-refractivity contribution in [2.45, 2.75) is 44.2 Å². The molecule has 1 aliphatic carbocycles. The molecule has 3 rings (SSSR count). The zero-order valence-corrected chi connectivity index (χ0v) is 13.2. The summed E-state index contributed by atoms with van der Waals surface area (Å²) in [5.41, 5.74) is 0.476. The highest BCUT2D eigenvalue weighted by Crippen LogP contribution is 2.33. The summed E-state index contributed by atoms with van der Waals surface area (Å²) in [6.45, 7) is 10.0. The molecule has 1 unspecified atom stereocenters. The maximum Gasteiger partial charge on any atom is 0.0309 e. The van der Waals surface area contributed by atoms with Crippen molar-refractivity contribution in [3.8, 4) is 0 Å². The first-order chi connectivity index (χ1) is 9.27. The molecule has 0 aromatic heterocycles. The molecule has 0 radical (unpaired) electrons. The minimum atomic E-state index is 0.476. The molecule has 2 heterocycles. The molecule has 110 valence electrons. The highest BCUT2D eigenvalue weighted by atomic mass is 32.2. The first-order valence-corrected chi connectivity index (χ1v) is 9.22. The lowest BCUT2D eigenvalue weighted by atomic mass is 9.92. The first-order valence-electron chi connectivity index (χ1n) is 8.07. The van der Waals surface area contributed by atoms with Crippen LogP contribution in [-0.2, 0) is 0 Å². The maximum atomic E-state index is 3.85. The highest BCUT2D eigenvalue weighted by molar-refractivity contribution is 7.99. The van der Waals surface area contributed by atoms with Crippen LogP contribution < -0.4 is 5.32 Å². The molecule has 3 aliphatic rings. The summed E-state index contributed by atoms with van der Waals surface area (Å²) in [7, 11) is 0. The number of hydrogen-bond acceptors (Lipinski definition) is 4. The second-order valence-corrected chi connectivity index (χ2v) is 7.87. The van der Waals surface area contributed by atoms with Gasteiger partial charge in [-0.25, -0.2) is 0 Å². The molecule has 1 spiro atoms. The van der Waals surface area contributed by atoms with Gasteiger partial charge >= 0.3 is 0 Å². The van der Waals surface area contributed by atoms with Crippen LogP contribution in [-0.4, -0.2) is 72.2 Å². The third-order valence-corrected chi connectivity index (χ3v) is 6.21. The minimum absolute atomic E-state index is 0.476. The molecule has 19 heavy (non-hydrogen) atoms. The molecule has 1 N–H and O–H groups in total. The Bertz CT molecular complexity index is 285. The van der Waals surface area contributed by atoms with Gasteiger partial charge in [-0.05, 0) is 19.8 Å². The number of hydrogen-bond donors (Lipinski definition) is 1. The third-order valence-electron chi connectivity index (χ3n) is 5.27. The van der Waals surface area contributed by atoms with E-state index >= 15 is 0 Å². The van der Waals surface area contributed by atoms with Crippen molar-refractivity contribution in [2.75, 3.05) is 50.8 Å². The van der Waals surface area contributed by atoms with Gasteiger partial charge in [0.15, 0.2) is 0 Å². The van der Waals surface area contributed by atoms with Gasteiger partial charge in [-0.1, -0.05) is 12.8 Å². The molecule has 3 fully saturated rings. The Morgan fingerprint density at radius 2 is 1.89 bits per heavy atom. The molecule has 0 bridgehead atoms. The summed E-state index contributed by atoms with van der Waals surface area (Å²) >= 11 is 2.11. The fraction of sp³-hybridized carbons (Fsp3) is 1.00. The van der Waals surface area contributed by atoms with Crippen molar-refractivity contribution in [1.82, 2.24) is 15.1 Å². The van der Waals surface area contributed by atoms with E-state index in [9.17, 15) is 0 Å². The van der Waals surface area contributed by atoms with Crippen molar-refractivity contribution in [1.29, 1.82) is 0 Å². The van der Waals surface area contributed by atoms with Gasteiger partial charge in [0.2, 0.25) is 0 Å². The Labute approximate surface area is 122 Å². The van der Waals surface area contributed by atoms with Crippen LogP contribution in [0.25, 0.3) is 0 Å². The van der Waals surface area contributed by atoms with Gasteiger partial charge in [-0.2, -0.15) is 11.8 Å². The number of thioether (sulfide) groups is 1. The van der Waals surface area contributed by atoms with E-state index in [2.05, 4.69) is 33.8 Å². The second-order valence-electron chi connectivity index (χ2n) is 6.64. The average molecular weight is 283 g/mol. The van der Waals surface area contributed by atoms with E-state index in [0.29, 0.717) is 11.6 Å². The number of nitrogens with zero attached hydrogens (tertiary/aromatic N) is 2. The van der Waals surface area contributed by atoms with Crippen LogP contribution in [0.3, 0.4) is 0 Å². The van der Waals surface area contributed by atoms with Crippen molar-refractivity contribution in [3.63, 3.8) is 0 Å². The molecule has 1 saturated carbocycles. The summed E-state index contributed by atoms with van der Waals surface area (Å²) in [6.07, 6.45) is 5.66. The quantitative estimate of drug-likeness (QED) is 0.848. The van der Waals surface area contributed by atoms with Gasteiger partial charge in [-0.3, -0.25) is 4.90 Å².